The van der Waals surface area contributed by atoms with Crippen LogP contribution in [-0.2, 0) is 4.79 Å². The molecule has 1 aliphatic carbocycles. The molecule has 0 aromatic rings. The Morgan fingerprint density at radius 1 is 1.61 bits per heavy atom. The molecule has 4 nitrogen and oxygen atoms in total. The second kappa shape index (κ2) is 5.95. The van der Waals surface area contributed by atoms with Gasteiger partial charge in [0.15, 0.2) is 5.17 Å². The number of nitrogens with one attached hydrogen (secondary N) is 2. The zero-order valence-corrected chi connectivity index (χ0v) is 12.1. The number of amides is 1. The fraction of sp³-hybridized carbons (Fsp3) is 0.846. The third-order valence-electron chi connectivity index (χ3n) is 3.62. The van der Waals surface area contributed by atoms with Crippen LogP contribution in [0.5, 0.6) is 0 Å². The second-order valence-corrected chi connectivity index (χ2v) is 6.50. The van der Waals surface area contributed by atoms with Crippen molar-refractivity contribution in [2.75, 3.05) is 12.3 Å². The molecule has 2 fully saturated rings. The molecule has 2 aliphatic rings. The first-order valence-electron chi connectivity index (χ1n) is 6.86. The van der Waals surface area contributed by atoms with Gasteiger partial charge in [-0.2, -0.15) is 0 Å². The Balaban J connectivity index is 1.72. The molecule has 18 heavy (non-hydrogen) atoms. The van der Waals surface area contributed by atoms with Gasteiger partial charge in [0.05, 0.1) is 6.54 Å². The van der Waals surface area contributed by atoms with Crippen LogP contribution >= 0.6 is 11.8 Å². The van der Waals surface area contributed by atoms with Gasteiger partial charge in [0.2, 0.25) is 5.91 Å². The molecule has 0 spiro atoms. The monoisotopic (exact) mass is 269 g/mol. The van der Waals surface area contributed by atoms with Crippen LogP contribution in [0.1, 0.15) is 46.0 Å². The average Bonchev–Trinajstić information content (AvgIpc) is 3.13. The van der Waals surface area contributed by atoms with E-state index in [1.165, 1.54) is 6.42 Å². The van der Waals surface area contributed by atoms with Gasteiger partial charge >= 0.3 is 0 Å². The maximum absolute atomic E-state index is 11.5. The van der Waals surface area contributed by atoms with Crippen LogP contribution in [0.25, 0.3) is 0 Å². The van der Waals surface area contributed by atoms with E-state index in [9.17, 15) is 4.79 Å². The minimum absolute atomic E-state index is 0.140. The van der Waals surface area contributed by atoms with Crippen LogP contribution < -0.4 is 10.6 Å². The summed E-state index contributed by atoms with van der Waals surface area (Å²) in [5, 5.41) is 7.48. The topological polar surface area (TPSA) is 53.5 Å². The van der Waals surface area contributed by atoms with Gasteiger partial charge < -0.3 is 10.6 Å². The Labute approximate surface area is 113 Å². The van der Waals surface area contributed by atoms with E-state index in [2.05, 4.69) is 29.5 Å². The lowest BCUT2D eigenvalue weighted by atomic mass is 9.96. The molecule has 0 radical (unpaired) electrons. The van der Waals surface area contributed by atoms with Gasteiger partial charge in [-0.15, -0.1) is 0 Å². The fourth-order valence-electron chi connectivity index (χ4n) is 1.87. The number of carbonyl (C=O) groups is 1. The van der Waals surface area contributed by atoms with Gasteiger partial charge in [-0.3, -0.25) is 9.79 Å². The van der Waals surface area contributed by atoms with E-state index < -0.39 is 0 Å². The number of hydrogen-bond donors (Lipinski definition) is 2. The molecular weight excluding hydrogens is 246 g/mol. The maximum atomic E-state index is 11.5. The quantitative estimate of drug-likeness (QED) is 0.801. The molecule has 1 amide bonds. The van der Waals surface area contributed by atoms with Crippen LogP contribution in [0, 0.1) is 0 Å². The Hall–Kier alpha value is -0.710. The zero-order chi connectivity index (χ0) is 13.0. The van der Waals surface area contributed by atoms with E-state index >= 15 is 0 Å². The minimum atomic E-state index is 0.140. The number of rotatable bonds is 5. The van der Waals surface area contributed by atoms with Crippen molar-refractivity contribution in [1.82, 2.24) is 10.6 Å². The summed E-state index contributed by atoms with van der Waals surface area (Å²) < 4.78 is 0. The molecule has 0 bridgehead atoms. The molecule has 102 valence electrons. The number of nitrogens with zero attached hydrogens (tertiary/aromatic N) is 1. The van der Waals surface area contributed by atoms with Crippen LogP contribution in [0.4, 0.5) is 0 Å². The largest absolute Gasteiger partial charge is 0.360 e. The predicted molar refractivity (Wildman–Crippen MR) is 77.0 cm³/mol. The summed E-state index contributed by atoms with van der Waals surface area (Å²) in [6, 6.07) is 0.454. The SMILES string of the molecule is CCC1(C)CCSC(=NCCC(=O)NC2CC2)N1. The van der Waals surface area contributed by atoms with Crippen molar-refractivity contribution in [3.8, 4) is 0 Å². The molecule has 1 unspecified atom stereocenters. The summed E-state index contributed by atoms with van der Waals surface area (Å²) in [6.45, 7) is 5.03. The predicted octanol–water partition coefficient (Wildman–Crippen LogP) is 1.91. The molecule has 2 rings (SSSR count). The van der Waals surface area contributed by atoms with Gasteiger partial charge in [0.25, 0.3) is 0 Å². The standard InChI is InChI=1S/C13H23N3OS/c1-3-13(2)7-9-18-12(16-13)14-8-6-11(17)15-10-4-5-10/h10H,3-9H2,1-2H3,(H,14,16)(H,15,17). The summed E-state index contributed by atoms with van der Waals surface area (Å²) in [5.41, 5.74) is 0.181. The Morgan fingerprint density at radius 3 is 3.06 bits per heavy atom. The summed E-state index contributed by atoms with van der Waals surface area (Å²) in [6.07, 6.45) is 5.08. The van der Waals surface area contributed by atoms with E-state index in [4.69, 9.17) is 0 Å². The highest BCUT2D eigenvalue weighted by Crippen LogP contribution is 2.24. The number of carbonyl (C=O) groups excluding carboxylic acids is 1. The van der Waals surface area contributed by atoms with Crippen molar-refractivity contribution in [3.05, 3.63) is 0 Å². The van der Waals surface area contributed by atoms with E-state index in [-0.39, 0.29) is 11.4 Å². The minimum Gasteiger partial charge on any atom is -0.360 e. The second-order valence-electron chi connectivity index (χ2n) is 5.42. The van der Waals surface area contributed by atoms with Crippen molar-refractivity contribution in [2.45, 2.75) is 57.5 Å². The molecule has 0 aromatic carbocycles. The highest BCUT2D eigenvalue weighted by Gasteiger charge is 2.27. The van der Waals surface area contributed by atoms with Crippen molar-refractivity contribution >= 4 is 22.8 Å². The van der Waals surface area contributed by atoms with E-state index in [0.717, 1.165) is 30.2 Å². The van der Waals surface area contributed by atoms with Crippen molar-refractivity contribution < 1.29 is 4.79 Å². The van der Waals surface area contributed by atoms with Gasteiger partial charge in [0, 0.05) is 23.8 Å². The molecule has 1 saturated carbocycles. The van der Waals surface area contributed by atoms with Gasteiger partial charge in [-0.05, 0) is 32.6 Å². The molecule has 5 heteroatoms. The number of thioether (sulfide) groups is 1. The Morgan fingerprint density at radius 2 is 2.39 bits per heavy atom. The first kappa shape index (κ1) is 13.7. The normalized spacial score (nSPS) is 30.0. The van der Waals surface area contributed by atoms with Crippen LogP contribution in [0.15, 0.2) is 4.99 Å². The van der Waals surface area contributed by atoms with Gasteiger partial charge in [-0.1, -0.05) is 18.7 Å². The van der Waals surface area contributed by atoms with Crippen molar-refractivity contribution in [3.63, 3.8) is 0 Å². The van der Waals surface area contributed by atoms with Crippen molar-refractivity contribution in [2.24, 2.45) is 4.99 Å². The summed E-state index contributed by atoms with van der Waals surface area (Å²) in [4.78, 5) is 16.0. The van der Waals surface area contributed by atoms with Crippen LogP contribution in [0.3, 0.4) is 0 Å². The van der Waals surface area contributed by atoms with Gasteiger partial charge in [-0.25, -0.2) is 0 Å². The zero-order valence-electron chi connectivity index (χ0n) is 11.3. The highest BCUT2D eigenvalue weighted by molar-refractivity contribution is 8.13. The third kappa shape index (κ3) is 4.19. The fourth-order valence-corrected chi connectivity index (χ4v) is 3.11. The third-order valence-corrected chi connectivity index (χ3v) is 4.53. The maximum Gasteiger partial charge on any atom is 0.222 e. The first-order valence-corrected chi connectivity index (χ1v) is 7.85. The Kier molecular flexibility index (Phi) is 4.54. The van der Waals surface area contributed by atoms with E-state index in [1.807, 2.05) is 0 Å². The van der Waals surface area contributed by atoms with Crippen LogP contribution in [0.2, 0.25) is 0 Å². The van der Waals surface area contributed by atoms with E-state index in [1.54, 1.807) is 11.8 Å². The van der Waals surface area contributed by atoms with Gasteiger partial charge in [0.1, 0.15) is 0 Å². The Bertz CT molecular complexity index is 341. The lowest BCUT2D eigenvalue weighted by Gasteiger charge is -2.35. The smallest absolute Gasteiger partial charge is 0.222 e. The first-order chi connectivity index (χ1) is 8.61. The number of amidine groups is 1. The summed E-state index contributed by atoms with van der Waals surface area (Å²) in [5.74, 6) is 1.26. The lowest BCUT2D eigenvalue weighted by Crippen LogP contribution is -2.48. The van der Waals surface area contributed by atoms with E-state index in [0.29, 0.717) is 19.0 Å². The summed E-state index contributed by atoms with van der Waals surface area (Å²) in [7, 11) is 0. The number of aliphatic imine (C=N–C) groups is 1. The molecule has 1 atom stereocenters. The average molecular weight is 269 g/mol. The molecule has 1 aliphatic heterocycles. The molecule has 1 heterocycles. The van der Waals surface area contributed by atoms with Crippen LogP contribution in [-0.4, -0.2) is 35.0 Å². The molecule has 2 N–H and O–H groups in total. The van der Waals surface area contributed by atoms with Crippen molar-refractivity contribution in [1.29, 1.82) is 0 Å². The lowest BCUT2D eigenvalue weighted by molar-refractivity contribution is -0.121. The number of hydrogen-bond acceptors (Lipinski definition) is 3. The molecule has 1 saturated heterocycles. The molecular formula is C13H23N3OS. The molecule has 0 aromatic heterocycles. The highest BCUT2D eigenvalue weighted by atomic mass is 32.2. The summed E-state index contributed by atoms with van der Waals surface area (Å²) >= 11 is 1.77.